The van der Waals surface area contributed by atoms with E-state index in [-0.39, 0.29) is 0 Å². The number of aromatic amines is 1. The molecule has 0 saturated heterocycles. The number of imidazole rings is 1. The summed E-state index contributed by atoms with van der Waals surface area (Å²) in [5.74, 6) is 0.885. The van der Waals surface area contributed by atoms with Crippen molar-refractivity contribution in [3.63, 3.8) is 0 Å². The molecule has 112 valence electrons. The van der Waals surface area contributed by atoms with E-state index in [0.29, 0.717) is 0 Å². The van der Waals surface area contributed by atoms with E-state index in [9.17, 15) is 0 Å². The van der Waals surface area contributed by atoms with Crippen LogP contribution >= 0.6 is 11.6 Å². The number of nitrogens with zero attached hydrogens (tertiary/aromatic N) is 1. The molecule has 3 heteroatoms. The van der Waals surface area contributed by atoms with E-state index >= 15 is 0 Å². The fourth-order valence-corrected chi connectivity index (χ4v) is 3.16. The Hall–Kier alpha value is -2.58. The fourth-order valence-electron chi connectivity index (χ4n) is 2.93. The van der Waals surface area contributed by atoms with E-state index in [1.165, 1.54) is 5.56 Å². The van der Waals surface area contributed by atoms with Gasteiger partial charge in [0.1, 0.15) is 5.82 Å². The lowest BCUT2D eigenvalue weighted by atomic mass is 9.96. The van der Waals surface area contributed by atoms with Crippen LogP contribution in [-0.4, -0.2) is 9.97 Å². The van der Waals surface area contributed by atoms with Crippen LogP contribution in [0.5, 0.6) is 0 Å². The molecule has 0 amide bonds. The topological polar surface area (TPSA) is 28.7 Å². The fraction of sp³-hybridized carbons (Fsp3) is 0.0500. The predicted octanol–water partition coefficient (Wildman–Crippen LogP) is 5.86. The van der Waals surface area contributed by atoms with Crippen molar-refractivity contribution in [1.29, 1.82) is 0 Å². The van der Waals surface area contributed by atoms with Crippen LogP contribution in [0.15, 0.2) is 66.7 Å². The molecular formula is C20H15ClN2. The molecule has 1 aromatic heterocycles. The molecule has 0 fully saturated rings. The zero-order valence-corrected chi connectivity index (χ0v) is 13.4. The molecule has 4 rings (SSSR count). The summed E-state index contributed by atoms with van der Waals surface area (Å²) in [5.41, 5.74) is 6.59. The third-order valence-corrected chi connectivity index (χ3v) is 4.29. The van der Waals surface area contributed by atoms with Crippen LogP contribution in [0.3, 0.4) is 0 Å². The molecule has 0 spiro atoms. The lowest BCUT2D eigenvalue weighted by Gasteiger charge is -2.11. The van der Waals surface area contributed by atoms with Crippen molar-refractivity contribution in [3.8, 4) is 22.5 Å². The molecule has 0 saturated carbocycles. The van der Waals surface area contributed by atoms with Gasteiger partial charge in [0.25, 0.3) is 0 Å². The lowest BCUT2D eigenvalue weighted by Crippen LogP contribution is -1.89. The monoisotopic (exact) mass is 318 g/mol. The third kappa shape index (κ3) is 2.51. The number of halogens is 1. The normalized spacial score (nSPS) is 11.0. The molecule has 0 atom stereocenters. The number of nitrogens with one attached hydrogen (secondary N) is 1. The minimum absolute atomic E-state index is 0.757. The first-order valence-corrected chi connectivity index (χ1v) is 7.91. The van der Waals surface area contributed by atoms with E-state index in [1.807, 2.05) is 42.5 Å². The van der Waals surface area contributed by atoms with Crippen molar-refractivity contribution in [2.24, 2.45) is 0 Å². The minimum atomic E-state index is 0.757. The highest BCUT2D eigenvalue weighted by molar-refractivity contribution is 6.30. The van der Waals surface area contributed by atoms with Crippen LogP contribution < -0.4 is 0 Å². The molecule has 3 aromatic carbocycles. The van der Waals surface area contributed by atoms with Crippen LogP contribution in [0.25, 0.3) is 33.5 Å². The van der Waals surface area contributed by atoms with E-state index in [2.05, 4.69) is 36.2 Å². The van der Waals surface area contributed by atoms with Crippen molar-refractivity contribution in [1.82, 2.24) is 9.97 Å². The van der Waals surface area contributed by atoms with E-state index in [4.69, 9.17) is 16.6 Å². The Morgan fingerprint density at radius 1 is 0.826 bits per heavy atom. The van der Waals surface area contributed by atoms with Crippen molar-refractivity contribution in [2.75, 3.05) is 0 Å². The van der Waals surface area contributed by atoms with Crippen LogP contribution in [0.4, 0.5) is 0 Å². The van der Waals surface area contributed by atoms with Gasteiger partial charge in [-0.25, -0.2) is 4.98 Å². The number of benzene rings is 3. The molecule has 1 N–H and O–H groups in total. The van der Waals surface area contributed by atoms with Crippen LogP contribution in [0, 0.1) is 6.92 Å². The second-order valence-electron chi connectivity index (χ2n) is 5.61. The number of H-pyrrole nitrogens is 1. The van der Waals surface area contributed by atoms with Crippen molar-refractivity contribution in [3.05, 3.63) is 77.3 Å². The van der Waals surface area contributed by atoms with Gasteiger partial charge >= 0.3 is 0 Å². The lowest BCUT2D eigenvalue weighted by molar-refractivity contribution is 1.33. The zero-order chi connectivity index (χ0) is 15.8. The maximum Gasteiger partial charge on any atom is 0.139 e. The van der Waals surface area contributed by atoms with Gasteiger partial charge in [-0.2, -0.15) is 0 Å². The number of para-hydroxylation sites is 2. The molecule has 1 heterocycles. The van der Waals surface area contributed by atoms with E-state index in [1.54, 1.807) is 0 Å². The van der Waals surface area contributed by atoms with Gasteiger partial charge in [-0.05, 0) is 47.9 Å². The maximum absolute atomic E-state index is 6.10. The van der Waals surface area contributed by atoms with Crippen LogP contribution in [0.1, 0.15) is 5.56 Å². The second-order valence-corrected chi connectivity index (χ2v) is 6.04. The Bertz CT molecular complexity index is 968. The van der Waals surface area contributed by atoms with E-state index in [0.717, 1.165) is 38.6 Å². The Kier molecular flexibility index (Phi) is 3.40. The van der Waals surface area contributed by atoms with Crippen molar-refractivity contribution >= 4 is 22.6 Å². The molecule has 0 bridgehead atoms. The van der Waals surface area contributed by atoms with Gasteiger partial charge in [0.2, 0.25) is 0 Å². The molecule has 0 aliphatic rings. The molecule has 0 radical (unpaired) electrons. The molecule has 0 unspecified atom stereocenters. The van der Waals surface area contributed by atoms with Gasteiger partial charge in [-0.15, -0.1) is 0 Å². The minimum Gasteiger partial charge on any atom is -0.338 e. The van der Waals surface area contributed by atoms with Gasteiger partial charge in [-0.1, -0.05) is 54.1 Å². The maximum atomic E-state index is 6.10. The zero-order valence-electron chi connectivity index (χ0n) is 12.7. The first kappa shape index (κ1) is 14.0. The van der Waals surface area contributed by atoms with Crippen molar-refractivity contribution in [2.45, 2.75) is 6.92 Å². The SMILES string of the molecule is Cc1cc(Cl)ccc1-c1ccccc1-c1nc2ccccc2[nH]1. The summed E-state index contributed by atoms with van der Waals surface area (Å²) in [7, 11) is 0. The molecule has 0 aliphatic carbocycles. The smallest absolute Gasteiger partial charge is 0.139 e. The summed E-state index contributed by atoms with van der Waals surface area (Å²) in [6.07, 6.45) is 0. The van der Waals surface area contributed by atoms with E-state index < -0.39 is 0 Å². The largest absolute Gasteiger partial charge is 0.338 e. The summed E-state index contributed by atoms with van der Waals surface area (Å²) >= 11 is 6.10. The second kappa shape index (κ2) is 5.56. The summed E-state index contributed by atoms with van der Waals surface area (Å²) in [6.45, 7) is 2.08. The summed E-state index contributed by atoms with van der Waals surface area (Å²) < 4.78 is 0. The predicted molar refractivity (Wildman–Crippen MR) is 96.7 cm³/mol. The summed E-state index contributed by atoms with van der Waals surface area (Å²) in [6, 6.07) is 22.4. The molecule has 0 aliphatic heterocycles. The summed E-state index contributed by atoms with van der Waals surface area (Å²) in [4.78, 5) is 8.15. The van der Waals surface area contributed by atoms with Crippen LogP contribution in [0.2, 0.25) is 5.02 Å². The highest BCUT2D eigenvalue weighted by Gasteiger charge is 2.12. The third-order valence-electron chi connectivity index (χ3n) is 4.05. The Balaban J connectivity index is 1.93. The summed E-state index contributed by atoms with van der Waals surface area (Å²) in [5, 5.41) is 0.757. The van der Waals surface area contributed by atoms with Gasteiger partial charge in [0.05, 0.1) is 11.0 Å². The molecular weight excluding hydrogens is 304 g/mol. The van der Waals surface area contributed by atoms with Gasteiger partial charge in [-0.3, -0.25) is 0 Å². The first-order chi connectivity index (χ1) is 11.2. The number of fused-ring (bicyclic) bond motifs is 1. The number of hydrogen-bond donors (Lipinski definition) is 1. The van der Waals surface area contributed by atoms with Crippen LogP contribution in [-0.2, 0) is 0 Å². The van der Waals surface area contributed by atoms with Crippen molar-refractivity contribution < 1.29 is 0 Å². The van der Waals surface area contributed by atoms with Gasteiger partial charge < -0.3 is 4.98 Å². The quantitative estimate of drug-likeness (QED) is 0.493. The average Bonchev–Trinajstić information content (AvgIpc) is 2.99. The highest BCUT2D eigenvalue weighted by Crippen LogP contribution is 2.34. The number of aryl methyl sites for hydroxylation is 1. The Morgan fingerprint density at radius 2 is 1.57 bits per heavy atom. The number of hydrogen-bond acceptors (Lipinski definition) is 1. The number of aromatic nitrogens is 2. The highest BCUT2D eigenvalue weighted by atomic mass is 35.5. The van der Waals surface area contributed by atoms with Gasteiger partial charge in [0, 0.05) is 10.6 Å². The molecule has 4 aromatic rings. The van der Waals surface area contributed by atoms with Gasteiger partial charge in [0.15, 0.2) is 0 Å². The standard InChI is InChI=1S/C20H15ClN2/c1-13-12-14(21)10-11-15(13)16-6-2-3-7-17(16)20-22-18-8-4-5-9-19(18)23-20/h2-12H,1H3,(H,22,23). The molecule has 2 nitrogen and oxygen atoms in total. The molecule has 23 heavy (non-hydrogen) atoms. The first-order valence-electron chi connectivity index (χ1n) is 7.53. The Labute approximate surface area is 139 Å². The average molecular weight is 319 g/mol. The number of rotatable bonds is 2. The Morgan fingerprint density at radius 3 is 2.35 bits per heavy atom.